The summed E-state index contributed by atoms with van der Waals surface area (Å²) in [7, 11) is 0. The largest absolute Gasteiger partial charge is 0.354 e. The Hall–Kier alpha value is -0.320. The highest BCUT2D eigenvalue weighted by molar-refractivity contribution is 9.10. The average molecular weight is 277 g/mol. The normalized spacial score (nSPS) is 18.6. The molecule has 0 bridgehead atoms. The van der Waals surface area contributed by atoms with E-state index in [0.717, 1.165) is 36.6 Å². The maximum absolute atomic E-state index is 5.88. The highest BCUT2D eigenvalue weighted by Gasteiger charge is 2.16. The zero-order valence-corrected chi connectivity index (χ0v) is 10.00. The highest BCUT2D eigenvalue weighted by Crippen LogP contribution is 2.16. The van der Waals surface area contributed by atoms with Gasteiger partial charge in [-0.3, -0.25) is 0 Å². The highest BCUT2D eigenvalue weighted by atomic mass is 79.9. The lowest BCUT2D eigenvalue weighted by molar-refractivity contribution is 0.415. The molecule has 0 N–H and O–H groups in total. The van der Waals surface area contributed by atoms with Crippen molar-refractivity contribution in [3.63, 3.8) is 0 Å². The van der Waals surface area contributed by atoms with Crippen LogP contribution in [0.2, 0.25) is 0 Å². The second-order valence-corrected chi connectivity index (χ2v) is 4.51. The monoisotopic (exact) mass is 275 g/mol. The molecule has 1 aliphatic heterocycles. The van der Waals surface area contributed by atoms with Crippen molar-refractivity contribution in [3.05, 3.63) is 22.8 Å². The summed E-state index contributed by atoms with van der Waals surface area (Å²) in [5.41, 5.74) is 0. The summed E-state index contributed by atoms with van der Waals surface area (Å²) in [6.07, 6.45) is 0. The third-order valence-electron chi connectivity index (χ3n) is 2.25. The first-order valence-corrected chi connectivity index (χ1v) is 5.67. The van der Waals surface area contributed by atoms with E-state index >= 15 is 0 Å². The smallest absolute Gasteiger partial charge is 0.129 e. The number of halogens is 2. The van der Waals surface area contributed by atoms with Crippen molar-refractivity contribution in [3.8, 4) is 0 Å². The van der Waals surface area contributed by atoms with Gasteiger partial charge in [-0.2, -0.15) is 0 Å². The maximum Gasteiger partial charge on any atom is 0.129 e. The van der Waals surface area contributed by atoms with Crippen LogP contribution < -0.4 is 4.90 Å². The molecule has 1 saturated heterocycles. The number of hydrogen-bond donors (Lipinski definition) is 0. The van der Waals surface area contributed by atoms with E-state index in [-0.39, 0.29) is 0 Å². The first-order valence-electron chi connectivity index (χ1n) is 4.54. The summed E-state index contributed by atoms with van der Waals surface area (Å²) in [5.74, 6) is 1.02. The van der Waals surface area contributed by atoms with Gasteiger partial charge < -0.3 is 4.90 Å². The maximum atomic E-state index is 5.88. The van der Waals surface area contributed by atoms with Crippen molar-refractivity contribution in [1.82, 2.24) is 9.40 Å². The van der Waals surface area contributed by atoms with E-state index < -0.39 is 0 Å². The number of pyridine rings is 1. The number of anilines is 1. The fraction of sp³-hybridized carbons (Fsp3) is 0.444. The first-order chi connectivity index (χ1) is 6.75. The topological polar surface area (TPSA) is 19.4 Å². The van der Waals surface area contributed by atoms with Crippen LogP contribution in [0.3, 0.4) is 0 Å². The molecule has 0 aliphatic carbocycles. The number of rotatable bonds is 1. The second kappa shape index (κ2) is 4.47. The fourth-order valence-corrected chi connectivity index (χ4v) is 1.97. The molecular weight excluding hydrogens is 265 g/mol. The van der Waals surface area contributed by atoms with E-state index in [1.807, 2.05) is 22.6 Å². The molecule has 1 aromatic heterocycles. The SMILES string of the molecule is ClN1CCN(c2cccc(Br)n2)CC1. The van der Waals surface area contributed by atoms with Crippen LogP contribution in [0.5, 0.6) is 0 Å². The number of nitrogens with zero attached hydrogens (tertiary/aromatic N) is 3. The predicted octanol–water partition coefficient (Wildman–Crippen LogP) is 2.12. The van der Waals surface area contributed by atoms with Crippen LogP contribution in [-0.2, 0) is 0 Å². The van der Waals surface area contributed by atoms with Gasteiger partial charge in [-0.1, -0.05) is 6.07 Å². The van der Waals surface area contributed by atoms with Crippen LogP contribution in [0.1, 0.15) is 0 Å². The molecule has 0 unspecified atom stereocenters. The Labute approximate surface area is 96.9 Å². The van der Waals surface area contributed by atoms with E-state index in [1.54, 1.807) is 0 Å². The Morgan fingerprint density at radius 2 is 1.93 bits per heavy atom. The summed E-state index contributed by atoms with van der Waals surface area (Å²) >= 11 is 9.24. The molecule has 2 rings (SSSR count). The van der Waals surface area contributed by atoms with Crippen LogP contribution in [-0.4, -0.2) is 35.6 Å². The molecule has 0 radical (unpaired) electrons. The van der Waals surface area contributed by atoms with Gasteiger partial charge in [0.2, 0.25) is 0 Å². The van der Waals surface area contributed by atoms with Crippen molar-refractivity contribution in [2.45, 2.75) is 0 Å². The van der Waals surface area contributed by atoms with Gasteiger partial charge in [-0.25, -0.2) is 9.40 Å². The summed E-state index contributed by atoms with van der Waals surface area (Å²) in [5, 5.41) is 0. The van der Waals surface area contributed by atoms with Gasteiger partial charge in [0.05, 0.1) is 0 Å². The van der Waals surface area contributed by atoms with E-state index in [1.165, 1.54) is 0 Å². The Kier molecular flexibility index (Phi) is 3.26. The second-order valence-electron chi connectivity index (χ2n) is 3.22. The molecule has 0 atom stereocenters. The van der Waals surface area contributed by atoms with E-state index in [2.05, 4.69) is 25.8 Å². The Morgan fingerprint density at radius 1 is 1.21 bits per heavy atom. The summed E-state index contributed by atoms with van der Waals surface area (Å²) < 4.78 is 2.69. The zero-order valence-electron chi connectivity index (χ0n) is 7.66. The lowest BCUT2D eigenvalue weighted by Crippen LogP contribution is -2.42. The van der Waals surface area contributed by atoms with Gasteiger partial charge in [0.1, 0.15) is 10.4 Å². The Bertz CT molecular complexity index is 313. The Morgan fingerprint density at radius 3 is 2.57 bits per heavy atom. The quantitative estimate of drug-likeness (QED) is 0.578. The van der Waals surface area contributed by atoms with Crippen LogP contribution in [0, 0.1) is 0 Å². The minimum Gasteiger partial charge on any atom is -0.354 e. The van der Waals surface area contributed by atoms with Gasteiger partial charge in [-0.05, 0) is 39.8 Å². The van der Waals surface area contributed by atoms with E-state index in [4.69, 9.17) is 11.8 Å². The number of piperazine rings is 1. The van der Waals surface area contributed by atoms with Crippen LogP contribution in [0.4, 0.5) is 5.82 Å². The van der Waals surface area contributed by atoms with Crippen LogP contribution in [0.25, 0.3) is 0 Å². The zero-order chi connectivity index (χ0) is 9.97. The number of aromatic nitrogens is 1. The molecule has 0 spiro atoms. The van der Waals surface area contributed by atoms with Crippen molar-refractivity contribution < 1.29 is 0 Å². The van der Waals surface area contributed by atoms with Crippen LogP contribution >= 0.6 is 27.7 Å². The minimum absolute atomic E-state index is 0.878. The summed E-state index contributed by atoms with van der Waals surface area (Å²) in [4.78, 5) is 6.64. The molecule has 1 fully saturated rings. The molecular formula is C9H11BrClN3. The molecule has 14 heavy (non-hydrogen) atoms. The molecule has 5 heteroatoms. The molecule has 2 heterocycles. The molecule has 76 valence electrons. The minimum atomic E-state index is 0.878. The van der Waals surface area contributed by atoms with Crippen molar-refractivity contribution in [1.29, 1.82) is 0 Å². The molecule has 0 amide bonds. The molecule has 3 nitrogen and oxygen atoms in total. The van der Waals surface area contributed by atoms with Crippen molar-refractivity contribution >= 4 is 33.5 Å². The first kappa shape index (κ1) is 10.2. The standard InChI is InChI=1S/C9H11BrClN3/c10-8-2-1-3-9(12-8)13-4-6-14(11)7-5-13/h1-3H,4-7H2. The van der Waals surface area contributed by atoms with Crippen molar-refractivity contribution in [2.24, 2.45) is 0 Å². The summed E-state index contributed by atoms with van der Waals surface area (Å²) in [6.45, 7) is 3.64. The van der Waals surface area contributed by atoms with E-state index in [9.17, 15) is 0 Å². The average Bonchev–Trinajstić information content (AvgIpc) is 2.19. The summed E-state index contributed by atoms with van der Waals surface area (Å²) in [6, 6.07) is 5.95. The third kappa shape index (κ3) is 2.38. The molecule has 1 aliphatic rings. The van der Waals surface area contributed by atoms with E-state index in [0.29, 0.717) is 0 Å². The lowest BCUT2D eigenvalue weighted by atomic mass is 10.3. The van der Waals surface area contributed by atoms with Gasteiger partial charge in [-0.15, -0.1) is 0 Å². The number of hydrogen-bond acceptors (Lipinski definition) is 3. The fourth-order valence-electron chi connectivity index (χ4n) is 1.48. The molecule has 1 aromatic rings. The van der Waals surface area contributed by atoms with Gasteiger partial charge in [0.15, 0.2) is 0 Å². The Balaban J connectivity index is 2.08. The van der Waals surface area contributed by atoms with Gasteiger partial charge >= 0.3 is 0 Å². The molecule has 0 aromatic carbocycles. The third-order valence-corrected chi connectivity index (χ3v) is 3.03. The predicted molar refractivity (Wildman–Crippen MR) is 61.6 cm³/mol. The molecule has 0 saturated carbocycles. The van der Waals surface area contributed by atoms with Gasteiger partial charge in [0, 0.05) is 26.2 Å². The van der Waals surface area contributed by atoms with Gasteiger partial charge in [0.25, 0.3) is 0 Å². The lowest BCUT2D eigenvalue weighted by Gasteiger charge is -2.31. The van der Waals surface area contributed by atoms with Crippen LogP contribution in [0.15, 0.2) is 22.8 Å². The van der Waals surface area contributed by atoms with Crippen molar-refractivity contribution in [2.75, 3.05) is 31.1 Å².